The summed E-state index contributed by atoms with van der Waals surface area (Å²) in [4.78, 5) is 14.2. The van der Waals surface area contributed by atoms with Crippen LogP contribution < -0.4 is 15.1 Å². The predicted molar refractivity (Wildman–Crippen MR) is 87.9 cm³/mol. The SMILES string of the molecule is COc1cc(S(=O)N2CC=CC[C@@H]2C(=O)NO)ccc1N(C)C. The summed E-state index contributed by atoms with van der Waals surface area (Å²) < 4.78 is 19.7. The van der Waals surface area contributed by atoms with Crippen molar-refractivity contribution >= 4 is 22.6 Å². The lowest BCUT2D eigenvalue weighted by Crippen LogP contribution is -2.48. The lowest BCUT2D eigenvalue weighted by atomic mass is 10.1. The maximum atomic E-state index is 12.9. The number of anilines is 1. The number of benzene rings is 1. The molecule has 0 spiro atoms. The van der Waals surface area contributed by atoms with Gasteiger partial charge in [0.25, 0.3) is 5.91 Å². The summed E-state index contributed by atoms with van der Waals surface area (Å²) in [6.45, 7) is 0.364. The Balaban J connectivity index is 2.32. The van der Waals surface area contributed by atoms with Crippen LogP contribution in [0.15, 0.2) is 35.2 Å². The minimum atomic E-state index is -1.54. The molecular formula is C15H21N3O4S. The van der Waals surface area contributed by atoms with Crippen LogP contribution in [-0.2, 0) is 15.8 Å². The molecule has 2 atom stereocenters. The Hall–Kier alpha value is -1.90. The van der Waals surface area contributed by atoms with E-state index in [2.05, 4.69) is 0 Å². The quantitative estimate of drug-likeness (QED) is 0.474. The number of carbonyl (C=O) groups is 1. The van der Waals surface area contributed by atoms with Crippen molar-refractivity contribution in [2.45, 2.75) is 17.4 Å². The van der Waals surface area contributed by atoms with Crippen molar-refractivity contribution < 1.29 is 18.9 Å². The highest BCUT2D eigenvalue weighted by Gasteiger charge is 2.31. The molecule has 8 heteroatoms. The maximum Gasteiger partial charge on any atom is 0.262 e. The van der Waals surface area contributed by atoms with Crippen molar-refractivity contribution in [3.05, 3.63) is 30.4 Å². The van der Waals surface area contributed by atoms with E-state index in [4.69, 9.17) is 9.94 Å². The van der Waals surface area contributed by atoms with Crippen molar-refractivity contribution in [1.29, 1.82) is 0 Å². The minimum Gasteiger partial charge on any atom is -0.495 e. The van der Waals surface area contributed by atoms with E-state index in [1.54, 1.807) is 24.7 Å². The average molecular weight is 339 g/mol. The number of nitrogens with one attached hydrogen (secondary N) is 1. The zero-order valence-electron chi connectivity index (χ0n) is 13.4. The van der Waals surface area contributed by atoms with Gasteiger partial charge in [-0.1, -0.05) is 12.2 Å². The number of hydrogen-bond donors (Lipinski definition) is 2. The molecule has 0 radical (unpaired) electrons. The number of carbonyl (C=O) groups excluding carboxylic acids is 1. The van der Waals surface area contributed by atoms with Crippen LogP contribution in [0.3, 0.4) is 0 Å². The molecular weight excluding hydrogens is 318 g/mol. The first-order valence-corrected chi connectivity index (χ1v) is 8.23. The number of amides is 1. The Morgan fingerprint density at radius 3 is 2.78 bits per heavy atom. The highest BCUT2D eigenvalue weighted by Crippen LogP contribution is 2.30. The normalized spacial score (nSPS) is 19.2. The fourth-order valence-electron chi connectivity index (χ4n) is 2.42. The molecule has 1 heterocycles. The van der Waals surface area contributed by atoms with Crippen molar-refractivity contribution in [2.24, 2.45) is 0 Å². The summed E-state index contributed by atoms with van der Waals surface area (Å²) >= 11 is 0. The molecule has 1 amide bonds. The van der Waals surface area contributed by atoms with Crippen molar-refractivity contribution in [2.75, 3.05) is 32.6 Å². The van der Waals surface area contributed by atoms with Gasteiger partial charge in [0.05, 0.1) is 17.7 Å². The van der Waals surface area contributed by atoms with E-state index in [1.807, 2.05) is 37.2 Å². The summed E-state index contributed by atoms with van der Waals surface area (Å²) in [5.41, 5.74) is 2.51. The lowest BCUT2D eigenvalue weighted by Gasteiger charge is -2.30. The molecule has 1 aliphatic rings. The van der Waals surface area contributed by atoms with Crippen molar-refractivity contribution in [3.63, 3.8) is 0 Å². The van der Waals surface area contributed by atoms with Crippen molar-refractivity contribution in [3.8, 4) is 5.75 Å². The van der Waals surface area contributed by atoms with Crippen LogP contribution >= 0.6 is 0 Å². The second-order valence-electron chi connectivity index (χ2n) is 5.28. The molecule has 2 N–H and O–H groups in total. The van der Waals surface area contributed by atoms with E-state index in [1.165, 1.54) is 4.31 Å². The van der Waals surface area contributed by atoms with Gasteiger partial charge in [0.1, 0.15) is 22.8 Å². The zero-order valence-corrected chi connectivity index (χ0v) is 14.2. The van der Waals surface area contributed by atoms with Crippen LogP contribution in [0.2, 0.25) is 0 Å². The largest absolute Gasteiger partial charge is 0.495 e. The molecule has 23 heavy (non-hydrogen) atoms. The van der Waals surface area contributed by atoms with Gasteiger partial charge in [-0.15, -0.1) is 0 Å². The third-order valence-electron chi connectivity index (χ3n) is 3.62. The van der Waals surface area contributed by atoms with Gasteiger partial charge in [-0.2, -0.15) is 0 Å². The van der Waals surface area contributed by atoms with Gasteiger partial charge >= 0.3 is 0 Å². The molecule has 0 saturated carbocycles. The number of hydroxylamine groups is 1. The van der Waals surface area contributed by atoms with Gasteiger partial charge in [0, 0.05) is 20.6 Å². The monoisotopic (exact) mass is 339 g/mol. The van der Waals surface area contributed by atoms with Crippen molar-refractivity contribution in [1.82, 2.24) is 9.79 Å². The third kappa shape index (κ3) is 3.72. The lowest BCUT2D eigenvalue weighted by molar-refractivity contribution is -0.133. The van der Waals surface area contributed by atoms with E-state index in [9.17, 15) is 9.00 Å². The number of ether oxygens (including phenoxy) is 1. The fraction of sp³-hybridized carbons (Fsp3) is 0.400. The second-order valence-corrected chi connectivity index (χ2v) is 6.71. The van der Waals surface area contributed by atoms with E-state index >= 15 is 0 Å². The minimum absolute atomic E-state index is 0.364. The molecule has 7 nitrogen and oxygen atoms in total. The molecule has 0 saturated heterocycles. The summed E-state index contributed by atoms with van der Waals surface area (Å²) in [6.07, 6.45) is 4.08. The average Bonchev–Trinajstić information content (AvgIpc) is 2.59. The molecule has 0 aromatic heterocycles. The Morgan fingerprint density at radius 1 is 1.43 bits per heavy atom. The molecule has 1 unspecified atom stereocenters. The molecule has 1 aliphatic heterocycles. The zero-order chi connectivity index (χ0) is 17.0. The molecule has 0 bridgehead atoms. The summed E-state index contributed by atoms with van der Waals surface area (Å²) in [6, 6.07) is 4.61. The topological polar surface area (TPSA) is 82.1 Å². The van der Waals surface area contributed by atoms with Crippen LogP contribution in [0.1, 0.15) is 6.42 Å². The Kier molecular flexibility index (Phi) is 5.75. The molecule has 1 aromatic rings. The van der Waals surface area contributed by atoms with Crippen LogP contribution in [0.5, 0.6) is 5.75 Å². The first kappa shape index (κ1) is 17.5. The summed E-state index contributed by atoms with van der Waals surface area (Å²) in [5, 5.41) is 8.86. The molecule has 1 aromatic carbocycles. The maximum absolute atomic E-state index is 12.9. The number of rotatable bonds is 5. The highest BCUT2D eigenvalue weighted by molar-refractivity contribution is 7.82. The van der Waals surface area contributed by atoms with Gasteiger partial charge < -0.3 is 9.64 Å². The number of methoxy groups -OCH3 is 1. The van der Waals surface area contributed by atoms with Crippen LogP contribution in [-0.4, -0.2) is 53.4 Å². The standard InChI is InChI=1S/C15H21N3O4S/c1-17(2)12-8-7-11(10-14(12)22-3)23(21)18-9-5-4-6-13(18)15(19)16-20/h4-5,7-8,10,13,20H,6,9H2,1-3H3,(H,16,19)/t13-,23?/m1/s1. The van der Waals surface area contributed by atoms with E-state index in [0.29, 0.717) is 23.6 Å². The van der Waals surface area contributed by atoms with Gasteiger partial charge in [-0.25, -0.2) is 14.0 Å². The molecule has 2 rings (SSSR count). The first-order valence-electron chi connectivity index (χ1n) is 7.12. The third-order valence-corrected chi connectivity index (χ3v) is 5.11. The van der Waals surface area contributed by atoms with E-state index in [-0.39, 0.29) is 0 Å². The van der Waals surface area contributed by atoms with Crippen LogP contribution in [0, 0.1) is 0 Å². The number of hydrogen-bond acceptors (Lipinski definition) is 5. The summed E-state index contributed by atoms with van der Waals surface area (Å²) in [5.74, 6) is 0.0381. The number of nitrogens with zero attached hydrogens (tertiary/aromatic N) is 2. The first-order chi connectivity index (χ1) is 11.0. The second kappa shape index (κ2) is 7.58. The van der Waals surface area contributed by atoms with Gasteiger partial charge in [-0.3, -0.25) is 10.0 Å². The van der Waals surface area contributed by atoms with Crippen LogP contribution in [0.4, 0.5) is 5.69 Å². The van der Waals surface area contributed by atoms with Crippen LogP contribution in [0.25, 0.3) is 0 Å². The van der Waals surface area contributed by atoms with Gasteiger partial charge in [-0.05, 0) is 24.6 Å². The molecule has 126 valence electrons. The van der Waals surface area contributed by atoms with Gasteiger partial charge in [0.15, 0.2) is 0 Å². The molecule has 0 fully saturated rings. The van der Waals surface area contributed by atoms with E-state index < -0.39 is 22.9 Å². The Bertz CT molecular complexity index is 633. The van der Waals surface area contributed by atoms with E-state index in [0.717, 1.165) is 5.69 Å². The highest BCUT2D eigenvalue weighted by atomic mass is 32.2. The van der Waals surface area contributed by atoms with Gasteiger partial charge in [0.2, 0.25) is 0 Å². The Labute approximate surface area is 138 Å². The molecule has 0 aliphatic carbocycles. The predicted octanol–water partition coefficient (Wildman–Crippen LogP) is 0.920. The smallest absolute Gasteiger partial charge is 0.262 e. The Morgan fingerprint density at radius 2 is 2.17 bits per heavy atom. The fourth-order valence-corrected chi connectivity index (χ4v) is 3.71. The summed E-state index contributed by atoms with van der Waals surface area (Å²) in [7, 11) is 3.80.